The van der Waals surface area contributed by atoms with E-state index in [1.807, 2.05) is 25.7 Å². The normalized spacial score (nSPS) is 22.9. The van der Waals surface area contributed by atoms with Gasteiger partial charge >= 0.3 is 12.1 Å². The van der Waals surface area contributed by atoms with Crippen LogP contribution in [-0.2, 0) is 4.74 Å². The van der Waals surface area contributed by atoms with E-state index in [0.29, 0.717) is 30.9 Å². The number of nitrogen functional groups attached to an aromatic ring is 1. The lowest BCUT2D eigenvalue weighted by Gasteiger charge is -2.42. The molecule has 1 aromatic carbocycles. The molecular formula is C32H39F2N7O3. The quantitative estimate of drug-likeness (QED) is 0.394. The standard InChI is InChI=1S/C32H39F2N7O3/c1-31(2,3)44-30(42)41-19-9-10-20(41)17-39(16-19)28-22-15-36-26(21-7-4-8-23(33)25(21)35)24(34)27(22)37-29(38-28)43-18-32-11-5-13-40(32)14-6-12-32/h4,7-8,15,19-20H,5-6,9-14,16-18,35H2,1-3H3. The van der Waals surface area contributed by atoms with Crippen molar-refractivity contribution < 1.29 is 23.0 Å². The fourth-order valence-corrected chi connectivity index (χ4v) is 7.61. The van der Waals surface area contributed by atoms with Gasteiger partial charge in [0.15, 0.2) is 5.82 Å². The number of carbonyl (C=O) groups excluding carboxylic acids is 1. The second-order valence-corrected chi connectivity index (χ2v) is 13.6. The number of hydrogen-bond acceptors (Lipinski definition) is 9. The molecule has 2 atom stereocenters. The topological polar surface area (TPSA) is 110 Å². The lowest BCUT2D eigenvalue weighted by molar-refractivity contribution is 0.0122. The molecule has 4 aliphatic heterocycles. The first kappa shape index (κ1) is 28.9. The maximum atomic E-state index is 16.4. The van der Waals surface area contributed by atoms with Crippen molar-refractivity contribution in [2.24, 2.45) is 0 Å². The summed E-state index contributed by atoms with van der Waals surface area (Å²) in [6.45, 7) is 9.11. The number of benzene rings is 1. The van der Waals surface area contributed by atoms with Crippen LogP contribution in [0.4, 0.5) is 25.1 Å². The molecule has 4 fully saturated rings. The number of aromatic nitrogens is 3. The Morgan fingerprint density at radius 1 is 1.09 bits per heavy atom. The zero-order chi connectivity index (χ0) is 30.8. The third-order valence-corrected chi connectivity index (χ3v) is 9.62. The molecule has 10 nitrogen and oxygen atoms in total. The largest absolute Gasteiger partial charge is 0.461 e. The molecule has 2 N–H and O–H groups in total. The predicted molar refractivity (Wildman–Crippen MR) is 162 cm³/mol. The lowest BCUT2D eigenvalue weighted by Crippen LogP contribution is -2.57. The van der Waals surface area contributed by atoms with Crippen LogP contribution >= 0.6 is 0 Å². The molecule has 0 radical (unpaired) electrons. The van der Waals surface area contributed by atoms with Crippen LogP contribution in [0.25, 0.3) is 22.2 Å². The molecule has 2 unspecified atom stereocenters. The first-order valence-electron chi connectivity index (χ1n) is 15.6. The summed E-state index contributed by atoms with van der Waals surface area (Å²) in [5.74, 6) is -0.861. The van der Waals surface area contributed by atoms with Crippen molar-refractivity contribution in [3.63, 3.8) is 0 Å². The molecule has 1 amide bonds. The van der Waals surface area contributed by atoms with E-state index in [2.05, 4.69) is 19.8 Å². The van der Waals surface area contributed by atoms with Crippen molar-refractivity contribution in [2.45, 2.75) is 82.5 Å². The van der Waals surface area contributed by atoms with Gasteiger partial charge in [0.25, 0.3) is 0 Å². The minimum absolute atomic E-state index is 0.0350. The van der Waals surface area contributed by atoms with Crippen molar-refractivity contribution >= 4 is 28.5 Å². The highest BCUT2D eigenvalue weighted by atomic mass is 19.1. The highest BCUT2D eigenvalue weighted by Gasteiger charge is 2.46. The van der Waals surface area contributed by atoms with E-state index in [0.717, 1.165) is 51.6 Å². The summed E-state index contributed by atoms with van der Waals surface area (Å²) in [5, 5.41) is 0.417. The number of anilines is 2. The van der Waals surface area contributed by atoms with Crippen molar-refractivity contribution in [1.82, 2.24) is 24.8 Å². The molecule has 3 aromatic rings. The Bertz CT molecular complexity index is 1590. The number of pyridine rings is 1. The third kappa shape index (κ3) is 4.96. The Kier molecular flexibility index (Phi) is 7.02. The van der Waals surface area contributed by atoms with Crippen LogP contribution in [0.5, 0.6) is 6.01 Å². The summed E-state index contributed by atoms with van der Waals surface area (Å²) < 4.78 is 42.7. The number of carbonyl (C=O) groups is 1. The summed E-state index contributed by atoms with van der Waals surface area (Å²) in [6.07, 6.45) is 7.21. The van der Waals surface area contributed by atoms with Crippen LogP contribution < -0.4 is 15.4 Å². The Balaban J connectivity index is 1.27. The number of nitrogens with two attached hydrogens (primary N) is 1. The molecule has 44 heavy (non-hydrogen) atoms. The molecule has 2 aromatic heterocycles. The maximum Gasteiger partial charge on any atom is 0.410 e. The summed E-state index contributed by atoms with van der Waals surface area (Å²) in [6, 6.07) is 4.17. The second kappa shape index (κ2) is 10.7. The Morgan fingerprint density at radius 3 is 2.48 bits per heavy atom. The van der Waals surface area contributed by atoms with E-state index in [1.54, 1.807) is 0 Å². The molecule has 2 bridgehead atoms. The number of ether oxygens (including phenoxy) is 2. The van der Waals surface area contributed by atoms with E-state index in [-0.39, 0.29) is 52.2 Å². The maximum absolute atomic E-state index is 16.4. The van der Waals surface area contributed by atoms with Gasteiger partial charge in [-0.1, -0.05) is 12.1 Å². The number of fused-ring (bicyclic) bond motifs is 4. The number of amides is 1. The highest BCUT2D eigenvalue weighted by Crippen LogP contribution is 2.41. The van der Waals surface area contributed by atoms with Gasteiger partial charge in [0, 0.05) is 24.8 Å². The van der Waals surface area contributed by atoms with E-state index >= 15 is 4.39 Å². The van der Waals surface area contributed by atoms with Crippen molar-refractivity contribution in [1.29, 1.82) is 0 Å². The monoisotopic (exact) mass is 607 g/mol. The summed E-state index contributed by atoms with van der Waals surface area (Å²) in [4.78, 5) is 33.3. The average Bonchev–Trinajstić information content (AvgIpc) is 3.63. The lowest BCUT2D eigenvalue weighted by atomic mass is 9.95. The van der Waals surface area contributed by atoms with Crippen molar-refractivity contribution in [3.05, 3.63) is 36.0 Å². The van der Waals surface area contributed by atoms with Gasteiger partial charge in [0.05, 0.1) is 28.7 Å². The molecular weight excluding hydrogens is 568 g/mol. The average molecular weight is 608 g/mol. The summed E-state index contributed by atoms with van der Waals surface area (Å²) in [5.41, 5.74) is 5.27. The van der Waals surface area contributed by atoms with Gasteiger partial charge in [0.2, 0.25) is 0 Å². The Labute approximate surface area is 255 Å². The third-order valence-electron chi connectivity index (χ3n) is 9.62. The fraction of sp³-hybridized carbons (Fsp3) is 0.562. The number of halogens is 2. The molecule has 0 aliphatic carbocycles. The first-order valence-corrected chi connectivity index (χ1v) is 15.6. The number of piperazine rings is 1. The number of nitrogens with zero attached hydrogens (tertiary/aromatic N) is 6. The van der Waals surface area contributed by atoms with Gasteiger partial charge in [-0.25, -0.2) is 13.6 Å². The van der Waals surface area contributed by atoms with Crippen LogP contribution in [0, 0.1) is 11.6 Å². The van der Waals surface area contributed by atoms with Crippen molar-refractivity contribution in [3.8, 4) is 17.3 Å². The van der Waals surface area contributed by atoms with Crippen LogP contribution in [-0.4, -0.2) is 86.9 Å². The summed E-state index contributed by atoms with van der Waals surface area (Å²) in [7, 11) is 0. The Morgan fingerprint density at radius 2 is 1.80 bits per heavy atom. The number of hydrogen-bond donors (Lipinski definition) is 1. The van der Waals surface area contributed by atoms with E-state index in [4.69, 9.17) is 20.2 Å². The molecule has 234 valence electrons. The van der Waals surface area contributed by atoms with E-state index in [9.17, 15) is 9.18 Å². The number of rotatable bonds is 5. The smallest absolute Gasteiger partial charge is 0.410 e. The van der Waals surface area contributed by atoms with Gasteiger partial charge in [0.1, 0.15) is 35.1 Å². The van der Waals surface area contributed by atoms with E-state index in [1.165, 1.54) is 24.4 Å². The van der Waals surface area contributed by atoms with Gasteiger partial charge in [-0.2, -0.15) is 9.97 Å². The zero-order valence-corrected chi connectivity index (χ0v) is 25.5. The molecule has 4 aliphatic rings. The minimum atomic E-state index is -0.717. The van der Waals surface area contributed by atoms with Gasteiger partial charge in [-0.05, 0) is 78.5 Å². The van der Waals surface area contributed by atoms with Crippen molar-refractivity contribution in [2.75, 3.05) is 43.4 Å². The fourth-order valence-electron chi connectivity index (χ4n) is 7.61. The molecule has 4 saturated heterocycles. The SMILES string of the molecule is CC(C)(C)OC(=O)N1C2CCC1CN(c1nc(OCC34CCCN3CCC4)nc3c(F)c(-c4cccc(F)c4N)ncc13)C2. The van der Waals surface area contributed by atoms with E-state index < -0.39 is 17.2 Å². The molecule has 0 spiro atoms. The predicted octanol–water partition coefficient (Wildman–Crippen LogP) is 5.15. The molecule has 6 heterocycles. The zero-order valence-electron chi connectivity index (χ0n) is 25.5. The van der Waals surface area contributed by atoms with Crippen LogP contribution in [0.3, 0.4) is 0 Å². The van der Waals surface area contributed by atoms with Crippen LogP contribution in [0.15, 0.2) is 24.4 Å². The van der Waals surface area contributed by atoms with Gasteiger partial charge in [-0.3, -0.25) is 14.8 Å². The Hall–Kier alpha value is -3.80. The minimum Gasteiger partial charge on any atom is -0.461 e. The summed E-state index contributed by atoms with van der Waals surface area (Å²) >= 11 is 0. The second-order valence-electron chi connectivity index (χ2n) is 13.6. The number of para-hydroxylation sites is 1. The molecule has 7 rings (SSSR count). The van der Waals surface area contributed by atoms with Crippen LogP contribution in [0.2, 0.25) is 0 Å². The highest BCUT2D eigenvalue weighted by molar-refractivity contribution is 5.93. The van der Waals surface area contributed by atoms with Crippen LogP contribution in [0.1, 0.15) is 59.3 Å². The molecule has 12 heteroatoms. The van der Waals surface area contributed by atoms with Gasteiger partial charge in [-0.15, -0.1) is 0 Å². The molecule has 0 saturated carbocycles. The first-order chi connectivity index (χ1) is 21.0. The van der Waals surface area contributed by atoms with Gasteiger partial charge < -0.3 is 20.1 Å².